The van der Waals surface area contributed by atoms with E-state index in [2.05, 4.69) is 58.7 Å². The van der Waals surface area contributed by atoms with Gasteiger partial charge in [0.25, 0.3) is 0 Å². The van der Waals surface area contributed by atoms with Crippen molar-refractivity contribution in [2.45, 2.75) is 0 Å². The van der Waals surface area contributed by atoms with Crippen molar-refractivity contribution in [2.75, 3.05) is 0 Å². The summed E-state index contributed by atoms with van der Waals surface area (Å²) in [7, 11) is 0. The van der Waals surface area contributed by atoms with Crippen LogP contribution in [0.1, 0.15) is 0 Å². The van der Waals surface area contributed by atoms with E-state index in [1.54, 1.807) is 0 Å². The maximum atomic E-state index is 5.89. The number of fused-ring (bicyclic) bond motifs is 2. The quantitative estimate of drug-likeness (QED) is 0.380. The van der Waals surface area contributed by atoms with Gasteiger partial charge in [0.1, 0.15) is 0 Å². The van der Waals surface area contributed by atoms with E-state index < -0.39 is 0 Å². The fourth-order valence-corrected chi connectivity index (χ4v) is 3.65. The highest BCUT2D eigenvalue weighted by Crippen LogP contribution is 2.28. The molecule has 0 amide bonds. The highest BCUT2D eigenvalue weighted by molar-refractivity contribution is 5.87. The predicted octanol–water partition coefficient (Wildman–Crippen LogP) is 5.87. The molecule has 142 valence electrons. The summed E-state index contributed by atoms with van der Waals surface area (Å²) < 4.78 is 7.76. The number of hydrogen-bond acceptors (Lipinski definition) is 4. The van der Waals surface area contributed by atoms with Gasteiger partial charge in [-0.3, -0.25) is 0 Å². The molecule has 3 aromatic heterocycles. The molecular formula is C25H16N4O. The molecule has 0 radical (unpaired) electrons. The van der Waals surface area contributed by atoms with Crippen LogP contribution in [0.15, 0.2) is 102 Å². The van der Waals surface area contributed by atoms with Crippen LogP contribution in [0, 0.1) is 0 Å². The zero-order valence-electron chi connectivity index (χ0n) is 15.9. The van der Waals surface area contributed by atoms with Gasteiger partial charge in [0.2, 0.25) is 11.8 Å². The molecule has 0 atom stereocenters. The van der Waals surface area contributed by atoms with Crippen molar-refractivity contribution in [3.05, 3.63) is 97.2 Å². The van der Waals surface area contributed by atoms with Gasteiger partial charge in [0.05, 0.1) is 11.2 Å². The number of nitrogens with zero attached hydrogens (tertiary/aromatic N) is 4. The summed E-state index contributed by atoms with van der Waals surface area (Å²) in [6, 6.07) is 30.5. The molecule has 6 rings (SSSR count). The van der Waals surface area contributed by atoms with Crippen molar-refractivity contribution in [1.82, 2.24) is 19.8 Å². The van der Waals surface area contributed by atoms with Gasteiger partial charge >= 0.3 is 0 Å². The topological polar surface area (TPSA) is 56.2 Å². The standard InChI is InChI=1S/C25H16N4O/c1-2-7-18(8-3-1)24-26-27-25(30-24)21-12-13-29-22(15-21)16-23(28-29)20-11-10-17-6-4-5-9-19(17)14-20/h1-16H. The van der Waals surface area contributed by atoms with Gasteiger partial charge in [0, 0.05) is 22.9 Å². The van der Waals surface area contributed by atoms with E-state index in [1.165, 1.54) is 10.8 Å². The lowest BCUT2D eigenvalue weighted by Crippen LogP contribution is -1.88. The van der Waals surface area contributed by atoms with Crippen LogP contribution in [0.2, 0.25) is 0 Å². The van der Waals surface area contributed by atoms with Gasteiger partial charge in [0.15, 0.2) is 0 Å². The fraction of sp³-hybridized carbons (Fsp3) is 0. The maximum absolute atomic E-state index is 5.89. The van der Waals surface area contributed by atoms with E-state index in [0.29, 0.717) is 11.8 Å². The minimum atomic E-state index is 0.491. The summed E-state index contributed by atoms with van der Waals surface area (Å²) in [6.45, 7) is 0. The Morgan fingerprint density at radius 1 is 0.600 bits per heavy atom. The van der Waals surface area contributed by atoms with Gasteiger partial charge in [-0.25, -0.2) is 4.52 Å². The number of benzene rings is 3. The molecule has 0 spiro atoms. The Morgan fingerprint density at radius 2 is 1.37 bits per heavy atom. The summed E-state index contributed by atoms with van der Waals surface area (Å²) in [5, 5.41) is 15.6. The van der Waals surface area contributed by atoms with Crippen LogP contribution < -0.4 is 0 Å². The van der Waals surface area contributed by atoms with Gasteiger partial charge in [-0.2, -0.15) is 5.10 Å². The first kappa shape index (κ1) is 16.7. The molecule has 5 nitrogen and oxygen atoms in total. The number of aromatic nitrogens is 4. The first-order valence-electron chi connectivity index (χ1n) is 9.71. The normalized spacial score (nSPS) is 11.3. The van der Waals surface area contributed by atoms with Crippen molar-refractivity contribution in [3.63, 3.8) is 0 Å². The fourth-order valence-electron chi connectivity index (χ4n) is 3.65. The first-order chi connectivity index (χ1) is 14.8. The molecular weight excluding hydrogens is 372 g/mol. The van der Waals surface area contributed by atoms with E-state index in [9.17, 15) is 0 Å². The summed E-state index contributed by atoms with van der Waals surface area (Å²) >= 11 is 0. The Hall–Kier alpha value is -4.25. The van der Waals surface area contributed by atoms with Crippen molar-refractivity contribution in [3.8, 4) is 34.2 Å². The Bertz CT molecular complexity index is 1500. The third kappa shape index (κ3) is 2.84. The van der Waals surface area contributed by atoms with Crippen LogP contribution >= 0.6 is 0 Å². The molecule has 0 bridgehead atoms. The number of rotatable bonds is 3. The molecule has 0 aliphatic rings. The van der Waals surface area contributed by atoms with Crippen LogP contribution in [0.3, 0.4) is 0 Å². The monoisotopic (exact) mass is 388 g/mol. The Kier molecular flexibility index (Phi) is 3.71. The lowest BCUT2D eigenvalue weighted by molar-refractivity contribution is 0.584. The van der Waals surface area contributed by atoms with E-state index >= 15 is 0 Å². The predicted molar refractivity (Wildman–Crippen MR) is 117 cm³/mol. The molecule has 0 N–H and O–H groups in total. The second-order valence-electron chi connectivity index (χ2n) is 7.15. The minimum absolute atomic E-state index is 0.491. The molecule has 0 aliphatic carbocycles. The lowest BCUT2D eigenvalue weighted by atomic mass is 10.1. The molecule has 0 aliphatic heterocycles. The smallest absolute Gasteiger partial charge is 0.248 e. The minimum Gasteiger partial charge on any atom is -0.416 e. The molecule has 3 aromatic carbocycles. The van der Waals surface area contributed by atoms with Gasteiger partial charge in [-0.05, 0) is 47.2 Å². The lowest BCUT2D eigenvalue weighted by Gasteiger charge is -2.00. The average molecular weight is 388 g/mol. The molecule has 0 saturated heterocycles. The highest BCUT2D eigenvalue weighted by Gasteiger charge is 2.12. The van der Waals surface area contributed by atoms with Gasteiger partial charge in [-0.15, -0.1) is 10.2 Å². The van der Waals surface area contributed by atoms with Gasteiger partial charge < -0.3 is 4.42 Å². The Morgan fingerprint density at radius 3 is 2.23 bits per heavy atom. The Labute approximate surface area is 172 Å². The van der Waals surface area contributed by atoms with E-state index in [-0.39, 0.29) is 0 Å². The zero-order chi connectivity index (χ0) is 19.9. The summed E-state index contributed by atoms with van der Waals surface area (Å²) in [5.41, 5.74) is 4.74. The number of pyridine rings is 1. The van der Waals surface area contributed by atoms with E-state index in [1.807, 2.05) is 53.2 Å². The highest BCUT2D eigenvalue weighted by atomic mass is 16.4. The van der Waals surface area contributed by atoms with Crippen LogP contribution in [0.4, 0.5) is 0 Å². The second kappa shape index (κ2) is 6.67. The van der Waals surface area contributed by atoms with E-state index in [4.69, 9.17) is 9.52 Å². The summed E-state index contributed by atoms with van der Waals surface area (Å²) in [5.74, 6) is 1.00. The molecule has 0 unspecified atom stereocenters. The Balaban J connectivity index is 1.38. The third-order valence-corrected chi connectivity index (χ3v) is 5.20. The zero-order valence-corrected chi connectivity index (χ0v) is 15.9. The van der Waals surface area contributed by atoms with Gasteiger partial charge in [-0.1, -0.05) is 54.6 Å². The van der Waals surface area contributed by atoms with Crippen molar-refractivity contribution < 1.29 is 4.42 Å². The molecule has 6 aromatic rings. The molecule has 5 heteroatoms. The summed E-state index contributed by atoms with van der Waals surface area (Å²) in [4.78, 5) is 0. The van der Waals surface area contributed by atoms with Crippen molar-refractivity contribution >= 4 is 16.3 Å². The van der Waals surface area contributed by atoms with Crippen molar-refractivity contribution in [2.24, 2.45) is 0 Å². The molecule has 0 saturated carbocycles. The molecule has 30 heavy (non-hydrogen) atoms. The first-order valence-corrected chi connectivity index (χ1v) is 9.71. The largest absolute Gasteiger partial charge is 0.416 e. The summed E-state index contributed by atoms with van der Waals surface area (Å²) in [6.07, 6.45) is 1.92. The molecule has 0 fully saturated rings. The van der Waals surface area contributed by atoms with Crippen LogP contribution in [0.25, 0.3) is 50.5 Å². The second-order valence-corrected chi connectivity index (χ2v) is 7.15. The van der Waals surface area contributed by atoms with E-state index in [0.717, 1.165) is 27.9 Å². The SMILES string of the molecule is c1ccc(-c2nnc(-c3ccn4nc(-c5ccc6ccccc6c5)cc4c3)o2)cc1. The molecule has 3 heterocycles. The van der Waals surface area contributed by atoms with Crippen LogP contribution in [-0.2, 0) is 0 Å². The number of hydrogen-bond donors (Lipinski definition) is 0. The van der Waals surface area contributed by atoms with Crippen molar-refractivity contribution in [1.29, 1.82) is 0 Å². The average Bonchev–Trinajstić information content (AvgIpc) is 3.46. The maximum Gasteiger partial charge on any atom is 0.248 e. The van der Waals surface area contributed by atoms with Crippen LogP contribution in [-0.4, -0.2) is 19.8 Å². The third-order valence-electron chi connectivity index (χ3n) is 5.20. The van der Waals surface area contributed by atoms with Crippen LogP contribution in [0.5, 0.6) is 0 Å².